The highest BCUT2D eigenvalue weighted by Crippen LogP contribution is 2.26. The molecule has 0 heterocycles. The van der Waals surface area contributed by atoms with Gasteiger partial charge in [0.25, 0.3) is 0 Å². The third-order valence-electron chi connectivity index (χ3n) is 3.24. The first-order valence-corrected chi connectivity index (χ1v) is 6.95. The molecule has 0 aromatic heterocycles. The number of aliphatic carboxylic acids is 1. The van der Waals surface area contributed by atoms with Crippen molar-refractivity contribution in [2.75, 3.05) is 13.2 Å². The summed E-state index contributed by atoms with van der Waals surface area (Å²) in [5, 5.41) is 13.9. The summed E-state index contributed by atoms with van der Waals surface area (Å²) < 4.78 is 4.96. The van der Waals surface area contributed by atoms with E-state index < -0.39 is 5.97 Å². The minimum atomic E-state index is -0.875. The summed E-state index contributed by atoms with van der Waals surface area (Å²) >= 11 is 0. The van der Waals surface area contributed by atoms with Crippen LogP contribution >= 0.6 is 0 Å². The largest absolute Gasteiger partial charge is 0.481 e. The molecule has 0 aromatic carbocycles. The van der Waals surface area contributed by atoms with Gasteiger partial charge in [-0.2, -0.15) is 0 Å². The summed E-state index contributed by atoms with van der Waals surface area (Å²) in [6, 6.07) is -0.339. The van der Waals surface area contributed by atoms with Crippen molar-refractivity contribution in [3.8, 4) is 0 Å². The standard InChI is InChI=1S/C13H22N2O5/c1-2-20-12(18)9-5-6-10(8-9)15-13(19)14-7-3-4-11(16)17/h9-10H,2-8H2,1H3,(H,16,17)(H2,14,15,19)/t9-,10+/m1/s1. The highest BCUT2D eigenvalue weighted by Gasteiger charge is 2.31. The first-order valence-electron chi connectivity index (χ1n) is 6.95. The van der Waals surface area contributed by atoms with Gasteiger partial charge in [-0.05, 0) is 32.6 Å². The maximum absolute atomic E-state index is 11.6. The normalized spacial score (nSPS) is 21.2. The Bertz CT molecular complexity index is 359. The van der Waals surface area contributed by atoms with Crippen LogP contribution in [0.5, 0.6) is 0 Å². The summed E-state index contributed by atoms with van der Waals surface area (Å²) in [5.74, 6) is -1.20. The number of urea groups is 1. The summed E-state index contributed by atoms with van der Waals surface area (Å²) in [5.41, 5.74) is 0. The molecule has 1 aliphatic rings. The van der Waals surface area contributed by atoms with E-state index in [1.165, 1.54) is 0 Å². The van der Waals surface area contributed by atoms with E-state index in [-0.39, 0.29) is 30.4 Å². The molecule has 0 radical (unpaired) electrons. The van der Waals surface area contributed by atoms with Crippen LogP contribution in [0.25, 0.3) is 0 Å². The lowest BCUT2D eigenvalue weighted by Gasteiger charge is -2.13. The fourth-order valence-corrected chi connectivity index (χ4v) is 2.26. The highest BCUT2D eigenvalue weighted by atomic mass is 16.5. The maximum Gasteiger partial charge on any atom is 0.315 e. The number of nitrogens with one attached hydrogen (secondary N) is 2. The Labute approximate surface area is 118 Å². The van der Waals surface area contributed by atoms with Crippen molar-refractivity contribution < 1.29 is 24.2 Å². The second-order valence-electron chi connectivity index (χ2n) is 4.86. The van der Waals surface area contributed by atoms with Gasteiger partial charge >= 0.3 is 18.0 Å². The maximum atomic E-state index is 11.6. The van der Waals surface area contributed by atoms with Crippen molar-refractivity contribution in [3.63, 3.8) is 0 Å². The van der Waals surface area contributed by atoms with Crippen LogP contribution in [0.15, 0.2) is 0 Å². The third-order valence-corrected chi connectivity index (χ3v) is 3.24. The molecule has 0 unspecified atom stereocenters. The number of carbonyl (C=O) groups is 3. The average Bonchev–Trinajstić information content (AvgIpc) is 2.83. The van der Waals surface area contributed by atoms with E-state index in [2.05, 4.69) is 10.6 Å². The van der Waals surface area contributed by atoms with Crippen LogP contribution in [-0.2, 0) is 14.3 Å². The van der Waals surface area contributed by atoms with Crippen molar-refractivity contribution in [3.05, 3.63) is 0 Å². The topological polar surface area (TPSA) is 105 Å². The number of carbonyl (C=O) groups excluding carboxylic acids is 2. The summed E-state index contributed by atoms with van der Waals surface area (Å²) in [7, 11) is 0. The molecule has 1 rings (SSSR count). The van der Waals surface area contributed by atoms with Crippen LogP contribution in [0, 0.1) is 5.92 Å². The Morgan fingerprint density at radius 3 is 2.70 bits per heavy atom. The smallest absolute Gasteiger partial charge is 0.315 e. The van der Waals surface area contributed by atoms with E-state index in [1.54, 1.807) is 6.92 Å². The minimum absolute atomic E-state index is 0.0242. The van der Waals surface area contributed by atoms with Crippen LogP contribution < -0.4 is 10.6 Å². The zero-order valence-corrected chi connectivity index (χ0v) is 11.7. The molecule has 20 heavy (non-hydrogen) atoms. The second-order valence-corrected chi connectivity index (χ2v) is 4.86. The van der Waals surface area contributed by atoms with E-state index in [1.807, 2.05) is 0 Å². The van der Waals surface area contributed by atoms with Gasteiger partial charge in [0, 0.05) is 19.0 Å². The molecule has 1 saturated carbocycles. The predicted molar refractivity (Wildman–Crippen MR) is 71.2 cm³/mol. The zero-order valence-electron chi connectivity index (χ0n) is 11.7. The minimum Gasteiger partial charge on any atom is -0.481 e. The molecule has 0 bridgehead atoms. The van der Waals surface area contributed by atoms with Gasteiger partial charge in [0.05, 0.1) is 12.5 Å². The van der Waals surface area contributed by atoms with Crippen molar-refractivity contribution in [1.29, 1.82) is 0 Å². The molecular weight excluding hydrogens is 264 g/mol. The van der Waals surface area contributed by atoms with Crippen molar-refractivity contribution in [1.82, 2.24) is 10.6 Å². The summed E-state index contributed by atoms with van der Waals surface area (Å²) in [6.45, 7) is 2.47. The second kappa shape index (κ2) is 8.39. The Hall–Kier alpha value is -1.79. The van der Waals surface area contributed by atoms with Gasteiger partial charge in [0.15, 0.2) is 0 Å². The molecule has 0 aromatic rings. The van der Waals surface area contributed by atoms with Crippen LogP contribution in [0.2, 0.25) is 0 Å². The average molecular weight is 286 g/mol. The van der Waals surface area contributed by atoms with Gasteiger partial charge in [-0.1, -0.05) is 0 Å². The van der Waals surface area contributed by atoms with E-state index in [0.29, 0.717) is 26.0 Å². The molecule has 0 saturated heterocycles. The molecule has 7 nitrogen and oxygen atoms in total. The molecule has 1 aliphatic carbocycles. The van der Waals surface area contributed by atoms with Gasteiger partial charge in [0.1, 0.15) is 0 Å². The molecule has 2 atom stereocenters. The van der Waals surface area contributed by atoms with Gasteiger partial charge in [-0.3, -0.25) is 9.59 Å². The van der Waals surface area contributed by atoms with Gasteiger partial charge in [0.2, 0.25) is 0 Å². The van der Waals surface area contributed by atoms with E-state index in [0.717, 1.165) is 12.8 Å². The molecule has 0 spiro atoms. The lowest BCUT2D eigenvalue weighted by molar-refractivity contribution is -0.147. The lowest BCUT2D eigenvalue weighted by atomic mass is 10.1. The number of hydrogen-bond donors (Lipinski definition) is 3. The first kappa shape index (κ1) is 16.3. The summed E-state index contributed by atoms with van der Waals surface area (Å²) in [6.07, 6.45) is 2.52. The number of amides is 2. The van der Waals surface area contributed by atoms with E-state index in [9.17, 15) is 14.4 Å². The molecule has 114 valence electrons. The number of rotatable bonds is 7. The van der Waals surface area contributed by atoms with Crippen molar-refractivity contribution in [2.24, 2.45) is 5.92 Å². The number of esters is 1. The number of ether oxygens (including phenoxy) is 1. The fraction of sp³-hybridized carbons (Fsp3) is 0.769. The quantitative estimate of drug-likeness (QED) is 0.476. The van der Waals surface area contributed by atoms with E-state index >= 15 is 0 Å². The highest BCUT2D eigenvalue weighted by molar-refractivity contribution is 5.75. The third kappa shape index (κ3) is 5.90. The van der Waals surface area contributed by atoms with Crippen LogP contribution in [0.4, 0.5) is 4.79 Å². The Morgan fingerprint density at radius 2 is 2.05 bits per heavy atom. The molecule has 3 N–H and O–H groups in total. The van der Waals surface area contributed by atoms with Gasteiger partial charge in [-0.25, -0.2) is 4.79 Å². The number of carboxylic acid groups (broad SMARTS) is 1. The van der Waals surface area contributed by atoms with Crippen molar-refractivity contribution in [2.45, 2.75) is 45.1 Å². The first-order chi connectivity index (χ1) is 9.52. The molecule has 0 aliphatic heterocycles. The number of hydrogen-bond acceptors (Lipinski definition) is 4. The Balaban J connectivity index is 2.17. The predicted octanol–water partition coefficient (Wildman–Crippen LogP) is 0.882. The zero-order chi connectivity index (χ0) is 15.0. The van der Waals surface area contributed by atoms with Gasteiger partial charge < -0.3 is 20.5 Å². The molecule has 1 fully saturated rings. The Kier molecular flexibility index (Phi) is 6.83. The lowest BCUT2D eigenvalue weighted by Crippen LogP contribution is -2.41. The molecule has 2 amide bonds. The Morgan fingerprint density at radius 1 is 1.30 bits per heavy atom. The summed E-state index contributed by atoms with van der Waals surface area (Å²) in [4.78, 5) is 33.4. The van der Waals surface area contributed by atoms with Crippen LogP contribution in [-0.4, -0.2) is 42.3 Å². The monoisotopic (exact) mass is 286 g/mol. The van der Waals surface area contributed by atoms with Crippen molar-refractivity contribution >= 4 is 18.0 Å². The SMILES string of the molecule is CCOC(=O)[C@@H]1CC[C@H](NC(=O)NCCCC(=O)O)C1. The van der Waals surface area contributed by atoms with Crippen LogP contribution in [0.1, 0.15) is 39.0 Å². The van der Waals surface area contributed by atoms with E-state index in [4.69, 9.17) is 9.84 Å². The number of carboxylic acids is 1. The molecule has 7 heteroatoms. The van der Waals surface area contributed by atoms with Gasteiger partial charge in [-0.15, -0.1) is 0 Å². The van der Waals surface area contributed by atoms with Crippen LogP contribution in [0.3, 0.4) is 0 Å². The fourth-order valence-electron chi connectivity index (χ4n) is 2.26. The molecular formula is C13H22N2O5.